The van der Waals surface area contributed by atoms with E-state index in [1.165, 1.54) is 12.1 Å². The van der Waals surface area contributed by atoms with Crippen molar-refractivity contribution >= 4 is 12.2 Å². The molecule has 17 heavy (non-hydrogen) atoms. The van der Waals surface area contributed by atoms with Gasteiger partial charge in [-0.05, 0) is 50.2 Å². The number of halogens is 1. The minimum Gasteiger partial charge on any atom is -0.337 e. The molecule has 2 rings (SSSR count). The van der Waals surface area contributed by atoms with E-state index in [1.807, 2.05) is 25.3 Å². The molecule has 2 aromatic rings. The highest BCUT2D eigenvalue weighted by Gasteiger charge is 2.09. The molecule has 1 aromatic carbocycles. The molecule has 0 bridgehead atoms. The van der Waals surface area contributed by atoms with Crippen molar-refractivity contribution in [2.75, 3.05) is 0 Å². The van der Waals surface area contributed by atoms with Gasteiger partial charge >= 0.3 is 0 Å². The first-order chi connectivity index (χ1) is 8.08. The fraction of sp³-hybridized carbons (Fsp3) is 0.308. The van der Waals surface area contributed by atoms with Gasteiger partial charge in [-0.15, -0.1) is 0 Å². The monoisotopic (exact) mass is 250 g/mol. The number of hydrogen-bond donors (Lipinski definition) is 1. The summed E-state index contributed by atoms with van der Waals surface area (Å²) in [5.41, 5.74) is 2.23. The number of H-pyrrole nitrogens is 1. The summed E-state index contributed by atoms with van der Waals surface area (Å²) >= 11 is 5.23. The Morgan fingerprint density at radius 1 is 1.35 bits per heavy atom. The largest absolute Gasteiger partial charge is 0.337 e. The van der Waals surface area contributed by atoms with Crippen molar-refractivity contribution in [2.24, 2.45) is 0 Å². The second kappa shape index (κ2) is 4.84. The van der Waals surface area contributed by atoms with Crippen LogP contribution in [0.2, 0.25) is 0 Å². The summed E-state index contributed by atoms with van der Waals surface area (Å²) in [7, 11) is 0. The average Bonchev–Trinajstić information content (AvgIpc) is 2.62. The van der Waals surface area contributed by atoms with Gasteiger partial charge in [0.1, 0.15) is 5.82 Å². The van der Waals surface area contributed by atoms with Crippen LogP contribution in [0, 0.1) is 17.5 Å². The Kier molecular flexibility index (Phi) is 3.43. The van der Waals surface area contributed by atoms with Gasteiger partial charge < -0.3 is 9.55 Å². The third-order valence-corrected chi connectivity index (χ3v) is 3.20. The summed E-state index contributed by atoms with van der Waals surface area (Å²) in [5, 5.41) is 0. The van der Waals surface area contributed by atoms with Crippen molar-refractivity contribution < 1.29 is 4.39 Å². The highest BCUT2D eigenvalue weighted by molar-refractivity contribution is 7.71. The number of nitrogens with zero attached hydrogens (tertiary/aromatic N) is 1. The van der Waals surface area contributed by atoms with E-state index in [0.717, 1.165) is 22.4 Å². The van der Waals surface area contributed by atoms with E-state index in [-0.39, 0.29) is 11.9 Å². The second-order valence-electron chi connectivity index (χ2n) is 4.28. The fourth-order valence-corrected chi connectivity index (χ4v) is 2.45. The van der Waals surface area contributed by atoms with Crippen LogP contribution in [0.25, 0.3) is 0 Å². The Morgan fingerprint density at radius 3 is 2.53 bits per heavy atom. The summed E-state index contributed by atoms with van der Waals surface area (Å²) in [4.78, 5) is 3.03. The van der Waals surface area contributed by atoms with Crippen molar-refractivity contribution in [3.8, 4) is 0 Å². The smallest absolute Gasteiger partial charge is 0.177 e. The van der Waals surface area contributed by atoms with E-state index in [2.05, 4.69) is 16.5 Å². The zero-order valence-corrected chi connectivity index (χ0v) is 10.7. The first kappa shape index (κ1) is 12.0. The fourth-order valence-electron chi connectivity index (χ4n) is 2.07. The predicted octanol–water partition coefficient (Wildman–Crippen LogP) is 3.80. The lowest BCUT2D eigenvalue weighted by atomic mass is 10.1. The quantitative estimate of drug-likeness (QED) is 0.822. The van der Waals surface area contributed by atoms with E-state index in [1.54, 1.807) is 0 Å². The Balaban J connectivity index is 2.20. The maximum Gasteiger partial charge on any atom is 0.177 e. The lowest BCUT2D eigenvalue weighted by Gasteiger charge is -2.15. The minimum atomic E-state index is -0.198. The van der Waals surface area contributed by atoms with E-state index in [4.69, 9.17) is 12.2 Å². The van der Waals surface area contributed by atoms with Crippen molar-refractivity contribution in [3.63, 3.8) is 0 Å². The molecule has 1 heterocycles. The molecule has 0 aliphatic heterocycles. The van der Waals surface area contributed by atoms with Gasteiger partial charge in [-0.3, -0.25) is 0 Å². The maximum absolute atomic E-state index is 12.8. The molecule has 1 aromatic heterocycles. The SMILES string of the molecule is Cc1c[nH]c(=S)n1C(C)Cc1ccc(F)cc1. The van der Waals surface area contributed by atoms with Gasteiger partial charge in [0.15, 0.2) is 4.77 Å². The van der Waals surface area contributed by atoms with Gasteiger partial charge in [-0.1, -0.05) is 12.1 Å². The zero-order valence-electron chi connectivity index (χ0n) is 9.90. The molecule has 1 N–H and O–H groups in total. The van der Waals surface area contributed by atoms with Crippen molar-refractivity contribution in [3.05, 3.63) is 52.3 Å². The van der Waals surface area contributed by atoms with Crippen LogP contribution in [0.15, 0.2) is 30.5 Å². The third-order valence-electron chi connectivity index (χ3n) is 2.89. The number of imidazole rings is 1. The van der Waals surface area contributed by atoms with E-state index >= 15 is 0 Å². The van der Waals surface area contributed by atoms with Crippen LogP contribution in [0.4, 0.5) is 4.39 Å². The molecule has 1 unspecified atom stereocenters. The van der Waals surface area contributed by atoms with Crippen LogP contribution >= 0.6 is 12.2 Å². The Hall–Kier alpha value is -1.42. The average molecular weight is 250 g/mol. The molecule has 0 aliphatic rings. The van der Waals surface area contributed by atoms with Crippen LogP contribution in [-0.2, 0) is 6.42 Å². The van der Waals surface area contributed by atoms with Gasteiger partial charge in [0.05, 0.1) is 0 Å². The van der Waals surface area contributed by atoms with Gasteiger partial charge in [-0.25, -0.2) is 4.39 Å². The number of aromatic nitrogens is 2. The summed E-state index contributed by atoms with van der Waals surface area (Å²) < 4.78 is 15.6. The first-order valence-electron chi connectivity index (χ1n) is 5.59. The van der Waals surface area contributed by atoms with Gasteiger partial charge in [0.25, 0.3) is 0 Å². The zero-order chi connectivity index (χ0) is 12.4. The number of benzene rings is 1. The number of aromatic amines is 1. The van der Waals surface area contributed by atoms with E-state index in [0.29, 0.717) is 0 Å². The molecule has 0 amide bonds. The van der Waals surface area contributed by atoms with Crippen molar-refractivity contribution in [2.45, 2.75) is 26.3 Å². The van der Waals surface area contributed by atoms with Gasteiger partial charge in [0.2, 0.25) is 0 Å². The van der Waals surface area contributed by atoms with Gasteiger partial charge in [-0.2, -0.15) is 0 Å². The maximum atomic E-state index is 12.8. The normalized spacial score (nSPS) is 12.6. The molecule has 0 saturated carbocycles. The molecule has 90 valence electrons. The molecule has 0 saturated heterocycles. The lowest BCUT2D eigenvalue weighted by molar-refractivity contribution is 0.526. The highest BCUT2D eigenvalue weighted by Crippen LogP contribution is 2.17. The molecule has 0 radical (unpaired) electrons. The molecular formula is C13H15FN2S. The van der Waals surface area contributed by atoms with Crippen LogP contribution in [0.3, 0.4) is 0 Å². The Bertz CT molecular complexity index is 554. The molecule has 2 nitrogen and oxygen atoms in total. The third kappa shape index (κ3) is 2.64. The van der Waals surface area contributed by atoms with Crippen LogP contribution < -0.4 is 0 Å². The lowest BCUT2D eigenvalue weighted by Crippen LogP contribution is -2.09. The highest BCUT2D eigenvalue weighted by atomic mass is 32.1. The first-order valence-corrected chi connectivity index (χ1v) is 5.99. The molecule has 0 aliphatic carbocycles. The molecule has 4 heteroatoms. The molecule has 0 fully saturated rings. The summed E-state index contributed by atoms with van der Waals surface area (Å²) in [6, 6.07) is 6.88. The van der Waals surface area contributed by atoms with Crippen LogP contribution in [0.5, 0.6) is 0 Å². The number of rotatable bonds is 3. The summed E-state index contributed by atoms with van der Waals surface area (Å²) in [6.45, 7) is 4.13. The van der Waals surface area contributed by atoms with Crippen molar-refractivity contribution in [1.82, 2.24) is 9.55 Å². The van der Waals surface area contributed by atoms with E-state index < -0.39 is 0 Å². The van der Waals surface area contributed by atoms with Crippen LogP contribution in [-0.4, -0.2) is 9.55 Å². The molecule has 0 spiro atoms. The summed E-state index contributed by atoms with van der Waals surface area (Å²) in [5.74, 6) is -0.198. The van der Waals surface area contributed by atoms with Crippen molar-refractivity contribution in [1.29, 1.82) is 0 Å². The number of nitrogens with one attached hydrogen (secondary N) is 1. The molecule has 1 atom stereocenters. The van der Waals surface area contributed by atoms with E-state index in [9.17, 15) is 4.39 Å². The topological polar surface area (TPSA) is 20.7 Å². The summed E-state index contributed by atoms with van der Waals surface area (Å²) in [6.07, 6.45) is 2.75. The minimum absolute atomic E-state index is 0.198. The van der Waals surface area contributed by atoms with Gasteiger partial charge in [0, 0.05) is 17.9 Å². The number of aryl methyl sites for hydroxylation is 1. The molecular weight excluding hydrogens is 235 g/mol. The Labute approximate surface area is 105 Å². The predicted molar refractivity (Wildman–Crippen MR) is 69.2 cm³/mol. The second-order valence-corrected chi connectivity index (χ2v) is 4.67. The standard InChI is InChI=1S/C13H15FN2S/c1-9(16-10(2)8-15-13(16)17)7-11-3-5-12(14)6-4-11/h3-6,8-9H,7H2,1-2H3,(H,15,17). The number of hydrogen-bond acceptors (Lipinski definition) is 1. The Morgan fingerprint density at radius 2 is 2.00 bits per heavy atom. The van der Waals surface area contributed by atoms with Crippen LogP contribution in [0.1, 0.15) is 24.2 Å².